The Morgan fingerprint density at radius 2 is 1.77 bits per heavy atom. The average molecular weight is 458 g/mol. The lowest BCUT2D eigenvalue weighted by Crippen LogP contribution is -2.51. The van der Waals surface area contributed by atoms with Gasteiger partial charge in [0.05, 0.1) is 11.4 Å². The van der Waals surface area contributed by atoms with Crippen molar-refractivity contribution in [1.29, 1.82) is 0 Å². The summed E-state index contributed by atoms with van der Waals surface area (Å²) in [6, 6.07) is 5.38. The van der Waals surface area contributed by atoms with Crippen LogP contribution in [0.1, 0.15) is 15.3 Å². The van der Waals surface area contributed by atoms with Gasteiger partial charge in [-0.2, -0.15) is 4.31 Å². The second-order valence-corrected chi connectivity index (χ2v) is 10.6. The van der Waals surface area contributed by atoms with Crippen LogP contribution in [0.15, 0.2) is 29.2 Å². The highest BCUT2D eigenvalue weighted by Crippen LogP contribution is 2.28. The molecule has 164 valence electrons. The molecular weight excluding hydrogens is 432 g/mol. The van der Waals surface area contributed by atoms with Crippen molar-refractivity contribution in [3.05, 3.63) is 51.2 Å². The Hall–Kier alpha value is -1.88. The summed E-state index contributed by atoms with van der Waals surface area (Å²) >= 11 is 1.46. The van der Waals surface area contributed by atoms with Crippen molar-refractivity contribution in [2.45, 2.75) is 25.2 Å². The number of rotatable bonds is 7. The van der Waals surface area contributed by atoms with Crippen LogP contribution in [0.2, 0.25) is 0 Å². The van der Waals surface area contributed by atoms with Crippen molar-refractivity contribution in [3.8, 4) is 0 Å². The Balaban J connectivity index is 1.46. The number of amides is 1. The smallest absolute Gasteiger partial charge is 0.244 e. The second-order valence-electron chi connectivity index (χ2n) is 7.26. The van der Waals surface area contributed by atoms with Crippen LogP contribution in [0.25, 0.3) is 0 Å². The van der Waals surface area contributed by atoms with Crippen LogP contribution in [-0.2, 0) is 21.2 Å². The third-order valence-corrected chi connectivity index (χ3v) is 8.19. The summed E-state index contributed by atoms with van der Waals surface area (Å²) in [4.78, 5) is 16.1. The number of benzene rings is 1. The van der Waals surface area contributed by atoms with Crippen LogP contribution in [0.4, 0.5) is 8.78 Å². The van der Waals surface area contributed by atoms with Gasteiger partial charge in [-0.1, -0.05) is 6.07 Å². The van der Waals surface area contributed by atoms with E-state index in [-0.39, 0.29) is 31.0 Å². The molecule has 1 aromatic heterocycles. The Labute approximate surface area is 179 Å². The van der Waals surface area contributed by atoms with Gasteiger partial charge in [0.15, 0.2) is 0 Å². The lowest BCUT2D eigenvalue weighted by molar-refractivity contribution is -0.122. The van der Waals surface area contributed by atoms with Crippen LogP contribution in [0.5, 0.6) is 0 Å². The van der Waals surface area contributed by atoms with Crippen LogP contribution in [-0.4, -0.2) is 62.8 Å². The van der Waals surface area contributed by atoms with Crippen molar-refractivity contribution in [2.75, 3.05) is 39.3 Å². The van der Waals surface area contributed by atoms with E-state index in [2.05, 4.69) is 5.32 Å². The van der Waals surface area contributed by atoms with Crippen molar-refractivity contribution in [1.82, 2.24) is 14.5 Å². The molecule has 1 aromatic carbocycles. The van der Waals surface area contributed by atoms with E-state index in [1.165, 1.54) is 33.8 Å². The van der Waals surface area contributed by atoms with Crippen LogP contribution >= 0.6 is 11.3 Å². The third kappa shape index (κ3) is 5.23. The molecule has 3 rings (SSSR count). The molecule has 0 atom stereocenters. The molecule has 1 aliphatic heterocycles. The topological polar surface area (TPSA) is 69.7 Å². The van der Waals surface area contributed by atoms with E-state index < -0.39 is 21.7 Å². The molecule has 1 saturated heterocycles. The Kier molecular flexibility index (Phi) is 7.22. The van der Waals surface area contributed by atoms with E-state index in [4.69, 9.17) is 0 Å². The monoisotopic (exact) mass is 457 g/mol. The van der Waals surface area contributed by atoms with Gasteiger partial charge in [0.25, 0.3) is 0 Å². The Morgan fingerprint density at radius 1 is 1.13 bits per heavy atom. The molecule has 1 N–H and O–H groups in total. The minimum absolute atomic E-state index is 0.0458. The zero-order valence-electron chi connectivity index (χ0n) is 17.0. The van der Waals surface area contributed by atoms with Gasteiger partial charge < -0.3 is 5.32 Å². The highest BCUT2D eigenvalue weighted by atomic mass is 32.2. The number of thiophene rings is 1. The maximum atomic E-state index is 13.6. The number of hydrogen-bond acceptors (Lipinski definition) is 5. The summed E-state index contributed by atoms with van der Waals surface area (Å²) in [5.41, 5.74) is -0.0458. The summed E-state index contributed by atoms with van der Waals surface area (Å²) in [6.07, 6.45) is 0.0652. The predicted octanol–water partition coefficient (Wildman–Crippen LogP) is 2.31. The molecule has 30 heavy (non-hydrogen) atoms. The number of nitrogens with one attached hydrogen (secondary N) is 1. The maximum Gasteiger partial charge on any atom is 0.244 e. The number of aryl methyl sites for hydroxylation is 2. The molecule has 1 fully saturated rings. The SMILES string of the molecule is Cc1cc(S(=O)(=O)N2CCN(CC(=O)NCCc3c(F)cccc3F)CC2)c(C)s1. The van der Waals surface area contributed by atoms with E-state index in [0.29, 0.717) is 31.1 Å². The first kappa shape index (κ1) is 22.8. The normalized spacial score (nSPS) is 16.0. The summed E-state index contributed by atoms with van der Waals surface area (Å²) in [7, 11) is -3.53. The number of hydrogen-bond donors (Lipinski definition) is 1. The lowest BCUT2D eigenvalue weighted by atomic mass is 10.1. The molecule has 0 aliphatic carbocycles. The van der Waals surface area contributed by atoms with Gasteiger partial charge in [0.1, 0.15) is 11.6 Å². The van der Waals surface area contributed by atoms with Gasteiger partial charge in [-0.3, -0.25) is 9.69 Å². The fourth-order valence-electron chi connectivity index (χ4n) is 3.49. The number of sulfonamides is 1. The van der Waals surface area contributed by atoms with E-state index in [1.54, 1.807) is 13.0 Å². The van der Waals surface area contributed by atoms with Crippen LogP contribution in [0.3, 0.4) is 0 Å². The van der Waals surface area contributed by atoms with Gasteiger partial charge >= 0.3 is 0 Å². The molecule has 6 nitrogen and oxygen atoms in total. The Bertz CT molecular complexity index is 996. The molecule has 2 heterocycles. The summed E-state index contributed by atoms with van der Waals surface area (Å²) in [6.45, 7) is 5.43. The van der Waals surface area contributed by atoms with E-state index >= 15 is 0 Å². The average Bonchev–Trinajstić information content (AvgIpc) is 3.03. The van der Waals surface area contributed by atoms with Gasteiger partial charge in [-0.25, -0.2) is 17.2 Å². The summed E-state index contributed by atoms with van der Waals surface area (Å²) in [5.74, 6) is -1.51. The fraction of sp³-hybridized carbons (Fsp3) is 0.450. The molecule has 10 heteroatoms. The standard InChI is InChI=1S/C20H25F2N3O3S2/c1-14-12-19(15(2)29-14)30(27,28)25-10-8-24(9-11-25)13-20(26)23-7-6-16-17(21)4-3-5-18(16)22/h3-5,12H,6-11,13H2,1-2H3,(H,23,26). The van der Waals surface area contributed by atoms with Crippen molar-refractivity contribution < 1.29 is 22.0 Å². The lowest BCUT2D eigenvalue weighted by Gasteiger charge is -2.33. The van der Waals surface area contributed by atoms with E-state index in [9.17, 15) is 22.0 Å². The molecule has 0 unspecified atom stereocenters. The van der Waals surface area contributed by atoms with Gasteiger partial charge in [0, 0.05) is 48.0 Å². The largest absolute Gasteiger partial charge is 0.355 e. The molecule has 1 aliphatic rings. The summed E-state index contributed by atoms with van der Waals surface area (Å²) < 4.78 is 54.4. The van der Waals surface area contributed by atoms with Gasteiger partial charge in [-0.15, -0.1) is 11.3 Å². The first-order chi connectivity index (χ1) is 14.2. The molecule has 0 bridgehead atoms. The molecule has 0 spiro atoms. The summed E-state index contributed by atoms with van der Waals surface area (Å²) in [5, 5.41) is 2.67. The number of nitrogens with zero attached hydrogens (tertiary/aromatic N) is 2. The predicted molar refractivity (Wildman–Crippen MR) is 112 cm³/mol. The first-order valence-electron chi connectivity index (χ1n) is 9.67. The van der Waals surface area contributed by atoms with Crippen molar-refractivity contribution in [2.24, 2.45) is 0 Å². The van der Waals surface area contributed by atoms with Crippen LogP contribution in [0, 0.1) is 25.5 Å². The van der Waals surface area contributed by atoms with Gasteiger partial charge in [-0.05, 0) is 38.5 Å². The highest BCUT2D eigenvalue weighted by Gasteiger charge is 2.31. The van der Waals surface area contributed by atoms with Crippen molar-refractivity contribution >= 4 is 27.3 Å². The zero-order chi connectivity index (χ0) is 21.9. The maximum absolute atomic E-state index is 13.6. The molecule has 1 amide bonds. The number of carbonyl (C=O) groups excluding carboxylic acids is 1. The van der Waals surface area contributed by atoms with Crippen LogP contribution < -0.4 is 5.32 Å². The quantitative estimate of drug-likeness (QED) is 0.693. The number of carbonyl (C=O) groups is 1. The third-order valence-electron chi connectivity index (χ3n) is 5.07. The minimum Gasteiger partial charge on any atom is -0.355 e. The molecule has 2 aromatic rings. The molecule has 0 radical (unpaired) electrons. The second kappa shape index (κ2) is 9.51. The molecular formula is C20H25F2N3O3S2. The highest BCUT2D eigenvalue weighted by molar-refractivity contribution is 7.89. The van der Waals surface area contributed by atoms with Crippen molar-refractivity contribution in [3.63, 3.8) is 0 Å². The van der Waals surface area contributed by atoms with E-state index in [0.717, 1.165) is 9.75 Å². The minimum atomic E-state index is -3.53. The zero-order valence-corrected chi connectivity index (χ0v) is 18.6. The molecule has 0 saturated carbocycles. The first-order valence-corrected chi connectivity index (χ1v) is 11.9. The fourth-order valence-corrected chi connectivity index (χ4v) is 6.43. The number of halogens is 2. The Morgan fingerprint density at radius 3 is 2.33 bits per heavy atom. The van der Waals surface area contributed by atoms with E-state index in [1.807, 2.05) is 11.8 Å². The van der Waals surface area contributed by atoms with Gasteiger partial charge in [0.2, 0.25) is 15.9 Å². The number of piperazine rings is 1.